The van der Waals surface area contributed by atoms with Crippen LogP contribution in [0.1, 0.15) is 19.4 Å². The lowest BCUT2D eigenvalue weighted by Crippen LogP contribution is -2.32. The molecule has 3 rings (SSSR count). The van der Waals surface area contributed by atoms with Gasteiger partial charge in [-0.25, -0.2) is 0 Å². The number of hydrogen-bond donors (Lipinski definition) is 2. The summed E-state index contributed by atoms with van der Waals surface area (Å²) in [6.07, 6.45) is 0.753. The van der Waals surface area contributed by atoms with Crippen molar-refractivity contribution in [3.8, 4) is 5.75 Å². The van der Waals surface area contributed by atoms with E-state index in [1.54, 1.807) is 30.0 Å². The van der Waals surface area contributed by atoms with E-state index in [9.17, 15) is 18.4 Å². The summed E-state index contributed by atoms with van der Waals surface area (Å²) in [6, 6.07) is 11.0. The second-order valence-electron chi connectivity index (χ2n) is 6.49. The highest BCUT2D eigenvalue weighted by molar-refractivity contribution is 5.98. The van der Waals surface area contributed by atoms with Crippen molar-refractivity contribution < 1.29 is 23.1 Å². The van der Waals surface area contributed by atoms with Crippen LogP contribution in [0.15, 0.2) is 42.5 Å². The van der Waals surface area contributed by atoms with E-state index in [0.29, 0.717) is 6.54 Å². The largest absolute Gasteiger partial charge is 0.433 e. The number of benzene rings is 2. The smallest absolute Gasteiger partial charge is 0.387 e. The molecule has 148 valence electrons. The molecular formula is C20H21F2N3O3. The van der Waals surface area contributed by atoms with Crippen LogP contribution in [0.2, 0.25) is 0 Å². The van der Waals surface area contributed by atoms with E-state index in [-0.39, 0.29) is 17.3 Å². The number of ether oxygens (including phenoxy) is 1. The van der Waals surface area contributed by atoms with Crippen LogP contribution in [0.5, 0.6) is 5.75 Å². The number of anilines is 3. The number of carbonyl (C=O) groups excluding carboxylic acids is 2. The highest BCUT2D eigenvalue weighted by atomic mass is 19.3. The minimum atomic E-state index is -2.98. The molecular weight excluding hydrogens is 368 g/mol. The number of hydrogen-bond acceptors (Lipinski definition) is 4. The van der Waals surface area contributed by atoms with E-state index in [2.05, 4.69) is 15.4 Å². The molecule has 1 heterocycles. The van der Waals surface area contributed by atoms with Crippen LogP contribution in [-0.4, -0.2) is 31.0 Å². The van der Waals surface area contributed by atoms with Crippen molar-refractivity contribution in [2.45, 2.75) is 32.9 Å². The van der Waals surface area contributed by atoms with Crippen LogP contribution < -0.4 is 20.3 Å². The Balaban J connectivity index is 1.66. The fourth-order valence-electron chi connectivity index (χ4n) is 3.14. The van der Waals surface area contributed by atoms with Gasteiger partial charge >= 0.3 is 6.61 Å². The van der Waals surface area contributed by atoms with Crippen LogP contribution in [-0.2, 0) is 16.0 Å². The molecule has 0 unspecified atom stereocenters. The van der Waals surface area contributed by atoms with Crippen LogP contribution in [0.25, 0.3) is 0 Å². The van der Waals surface area contributed by atoms with Crippen molar-refractivity contribution in [2.75, 3.05) is 22.1 Å². The Hall–Kier alpha value is -3.16. The summed E-state index contributed by atoms with van der Waals surface area (Å²) in [5.41, 5.74) is 2.83. The molecule has 1 aliphatic heterocycles. The average molecular weight is 389 g/mol. The summed E-state index contributed by atoms with van der Waals surface area (Å²) in [4.78, 5) is 25.8. The number of para-hydroxylation sites is 2. The van der Waals surface area contributed by atoms with Gasteiger partial charge < -0.3 is 20.3 Å². The molecule has 0 spiro atoms. The number of amides is 2. The summed E-state index contributed by atoms with van der Waals surface area (Å²) in [6.45, 7) is 0.865. The first-order chi connectivity index (χ1) is 13.3. The van der Waals surface area contributed by atoms with E-state index in [4.69, 9.17) is 0 Å². The average Bonchev–Trinajstić information content (AvgIpc) is 3.06. The Morgan fingerprint density at radius 3 is 2.64 bits per heavy atom. The Bertz CT molecular complexity index is 889. The molecule has 2 aromatic rings. The summed E-state index contributed by atoms with van der Waals surface area (Å²) in [5, 5.41) is 5.69. The van der Waals surface area contributed by atoms with E-state index in [1.807, 2.05) is 12.1 Å². The Labute approximate surface area is 161 Å². The molecule has 2 amide bonds. The topological polar surface area (TPSA) is 70.7 Å². The fraction of sp³-hybridized carbons (Fsp3) is 0.300. The molecule has 0 aromatic heterocycles. The van der Waals surface area contributed by atoms with E-state index in [1.165, 1.54) is 19.1 Å². The number of alkyl halides is 2. The van der Waals surface area contributed by atoms with Gasteiger partial charge in [0, 0.05) is 24.8 Å². The standard InChI is InChI=1S/C20H21F2N3O3/c1-12(19(27)24-16-5-3-4-6-18(16)28-20(21)22)23-15-7-8-17-14(11-15)9-10-25(17)13(2)26/h3-8,11-12,20,23H,9-10H2,1-2H3,(H,24,27)/t12-/m0/s1. The zero-order chi connectivity index (χ0) is 20.3. The number of nitrogens with zero attached hydrogens (tertiary/aromatic N) is 1. The van der Waals surface area contributed by atoms with Crippen LogP contribution >= 0.6 is 0 Å². The van der Waals surface area contributed by atoms with E-state index in [0.717, 1.165) is 23.4 Å². The van der Waals surface area contributed by atoms with Gasteiger partial charge in [-0.15, -0.1) is 0 Å². The quantitative estimate of drug-likeness (QED) is 0.792. The monoisotopic (exact) mass is 389 g/mol. The maximum absolute atomic E-state index is 12.5. The first-order valence-electron chi connectivity index (χ1n) is 8.87. The van der Waals surface area contributed by atoms with E-state index < -0.39 is 18.6 Å². The SMILES string of the molecule is CC(=O)N1CCc2cc(N[C@@H](C)C(=O)Nc3ccccc3OC(F)F)ccc21. The number of carbonyl (C=O) groups is 2. The molecule has 8 heteroatoms. The number of halogens is 2. The van der Waals surface area contributed by atoms with Gasteiger partial charge in [0.25, 0.3) is 0 Å². The molecule has 2 aromatic carbocycles. The first-order valence-corrected chi connectivity index (χ1v) is 8.87. The van der Waals surface area contributed by atoms with Crippen molar-refractivity contribution in [3.63, 3.8) is 0 Å². The predicted molar refractivity (Wildman–Crippen MR) is 103 cm³/mol. The number of fused-ring (bicyclic) bond motifs is 1. The van der Waals surface area contributed by atoms with Crippen molar-refractivity contribution in [2.24, 2.45) is 0 Å². The maximum Gasteiger partial charge on any atom is 0.387 e. The van der Waals surface area contributed by atoms with Gasteiger partial charge in [0.05, 0.1) is 5.69 Å². The van der Waals surface area contributed by atoms with Crippen molar-refractivity contribution in [1.82, 2.24) is 0 Å². The minimum absolute atomic E-state index is 0.00288. The second-order valence-corrected chi connectivity index (χ2v) is 6.49. The molecule has 0 fully saturated rings. The van der Waals surface area contributed by atoms with Crippen molar-refractivity contribution >= 4 is 28.9 Å². The van der Waals surface area contributed by atoms with Crippen LogP contribution in [0, 0.1) is 0 Å². The van der Waals surface area contributed by atoms with Gasteiger partial charge in [0.1, 0.15) is 11.8 Å². The van der Waals surface area contributed by atoms with Crippen molar-refractivity contribution in [1.29, 1.82) is 0 Å². The van der Waals surface area contributed by atoms with Crippen molar-refractivity contribution in [3.05, 3.63) is 48.0 Å². The first kappa shape index (κ1) is 19.6. The summed E-state index contributed by atoms with van der Waals surface area (Å²) in [7, 11) is 0. The third-order valence-electron chi connectivity index (χ3n) is 4.49. The molecule has 2 N–H and O–H groups in total. The lowest BCUT2D eigenvalue weighted by atomic mass is 10.1. The zero-order valence-electron chi connectivity index (χ0n) is 15.5. The third-order valence-corrected chi connectivity index (χ3v) is 4.49. The van der Waals surface area contributed by atoms with Gasteiger partial charge in [0.2, 0.25) is 11.8 Å². The molecule has 28 heavy (non-hydrogen) atoms. The number of nitrogens with one attached hydrogen (secondary N) is 2. The molecule has 0 radical (unpaired) electrons. The molecule has 0 saturated heterocycles. The van der Waals surface area contributed by atoms with E-state index >= 15 is 0 Å². The Morgan fingerprint density at radius 1 is 1.18 bits per heavy atom. The highest BCUT2D eigenvalue weighted by Gasteiger charge is 2.23. The van der Waals surface area contributed by atoms with Gasteiger partial charge in [-0.05, 0) is 49.2 Å². The number of rotatable bonds is 6. The fourth-order valence-corrected chi connectivity index (χ4v) is 3.14. The zero-order valence-corrected chi connectivity index (χ0v) is 15.5. The van der Waals surface area contributed by atoms with Gasteiger partial charge in [0.15, 0.2) is 0 Å². The predicted octanol–water partition coefficient (Wildman–Crippen LogP) is 3.64. The summed E-state index contributed by atoms with van der Waals surface area (Å²) >= 11 is 0. The minimum Gasteiger partial charge on any atom is -0.433 e. The molecule has 0 saturated carbocycles. The van der Waals surface area contributed by atoms with Crippen LogP contribution in [0.3, 0.4) is 0 Å². The molecule has 0 aliphatic carbocycles. The van der Waals surface area contributed by atoms with Gasteiger partial charge in [-0.2, -0.15) is 8.78 Å². The van der Waals surface area contributed by atoms with Gasteiger partial charge in [-0.1, -0.05) is 12.1 Å². The Morgan fingerprint density at radius 2 is 1.93 bits per heavy atom. The van der Waals surface area contributed by atoms with Crippen LogP contribution in [0.4, 0.5) is 25.8 Å². The molecule has 6 nitrogen and oxygen atoms in total. The molecule has 1 aliphatic rings. The second kappa shape index (κ2) is 8.24. The highest BCUT2D eigenvalue weighted by Crippen LogP contribution is 2.31. The molecule has 1 atom stereocenters. The van der Waals surface area contributed by atoms with Gasteiger partial charge in [-0.3, -0.25) is 9.59 Å². The maximum atomic E-state index is 12.5. The lowest BCUT2D eigenvalue weighted by Gasteiger charge is -2.18. The molecule has 0 bridgehead atoms. The summed E-state index contributed by atoms with van der Waals surface area (Å²) in [5.74, 6) is -0.493. The Kier molecular flexibility index (Phi) is 5.77. The summed E-state index contributed by atoms with van der Waals surface area (Å²) < 4.78 is 29.4. The normalized spacial score (nSPS) is 13.8. The third kappa shape index (κ3) is 4.39. The lowest BCUT2D eigenvalue weighted by molar-refractivity contribution is -0.117.